The van der Waals surface area contributed by atoms with Crippen molar-refractivity contribution in [3.05, 3.63) is 68.1 Å². The number of alkyl halides is 4. The standard InChI is InChI=1S/C14H8Br3F3/c15-10-4-1-8(2-5-10)13(17)9-3-6-12(16)11(7-9)14(18,19)20/h1-7,13H. The number of benzene rings is 2. The van der Waals surface area contributed by atoms with Crippen molar-refractivity contribution in [2.24, 2.45) is 0 Å². The zero-order valence-corrected chi connectivity index (χ0v) is 14.6. The Balaban J connectivity index is 2.40. The van der Waals surface area contributed by atoms with Gasteiger partial charge in [0.25, 0.3) is 0 Å². The Bertz CT molecular complexity index is 606. The third-order valence-corrected chi connectivity index (χ3v) is 5.03. The predicted molar refractivity (Wildman–Crippen MR) is 84.1 cm³/mol. The number of halogens is 6. The molecule has 20 heavy (non-hydrogen) atoms. The van der Waals surface area contributed by atoms with Gasteiger partial charge in [0.2, 0.25) is 0 Å². The molecule has 0 amide bonds. The van der Waals surface area contributed by atoms with Gasteiger partial charge in [-0.2, -0.15) is 13.2 Å². The van der Waals surface area contributed by atoms with E-state index in [1.54, 1.807) is 6.07 Å². The average molecular weight is 473 g/mol. The molecule has 0 N–H and O–H groups in total. The van der Waals surface area contributed by atoms with E-state index in [0.717, 1.165) is 16.1 Å². The molecule has 0 fully saturated rings. The van der Waals surface area contributed by atoms with Crippen molar-refractivity contribution in [1.82, 2.24) is 0 Å². The van der Waals surface area contributed by atoms with E-state index < -0.39 is 11.7 Å². The summed E-state index contributed by atoms with van der Waals surface area (Å²) in [6.45, 7) is 0. The highest BCUT2D eigenvalue weighted by atomic mass is 79.9. The molecule has 106 valence electrons. The first-order valence-corrected chi connectivity index (χ1v) is 8.05. The zero-order valence-electron chi connectivity index (χ0n) is 9.89. The van der Waals surface area contributed by atoms with Crippen LogP contribution >= 0.6 is 47.8 Å². The van der Waals surface area contributed by atoms with Crippen molar-refractivity contribution in [1.29, 1.82) is 0 Å². The van der Waals surface area contributed by atoms with Gasteiger partial charge in [-0.05, 0) is 35.4 Å². The van der Waals surface area contributed by atoms with Crippen molar-refractivity contribution < 1.29 is 13.2 Å². The van der Waals surface area contributed by atoms with Gasteiger partial charge in [-0.15, -0.1) is 0 Å². The third kappa shape index (κ3) is 3.65. The van der Waals surface area contributed by atoms with E-state index in [9.17, 15) is 13.2 Å². The lowest BCUT2D eigenvalue weighted by Crippen LogP contribution is -2.07. The molecule has 2 rings (SSSR count). The summed E-state index contributed by atoms with van der Waals surface area (Å²) in [5.41, 5.74) is 0.781. The summed E-state index contributed by atoms with van der Waals surface area (Å²) in [5.74, 6) is 0. The molecule has 0 aliphatic rings. The van der Waals surface area contributed by atoms with Gasteiger partial charge in [0.15, 0.2) is 0 Å². The Hall–Kier alpha value is -0.330. The highest BCUT2D eigenvalue weighted by Gasteiger charge is 2.33. The van der Waals surface area contributed by atoms with Crippen LogP contribution in [-0.4, -0.2) is 0 Å². The van der Waals surface area contributed by atoms with Crippen LogP contribution in [0.25, 0.3) is 0 Å². The number of hydrogen-bond acceptors (Lipinski definition) is 0. The molecule has 0 radical (unpaired) electrons. The van der Waals surface area contributed by atoms with E-state index in [-0.39, 0.29) is 9.30 Å². The molecule has 0 bridgehead atoms. The van der Waals surface area contributed by atoms with Crippen molar-refractivity contribution >= 4 is 47.8 Å². The lowest BCUT2D eigenvalue weighted by molar-refractivity contribution is -0.138. The molecule has 0 saturated carbocycles. The van der Waals surface area contributed by atoms with E-state index in [1.165, 1.54) is 6.07 Å². The summed E-state index contributed by atoms with van der Waals surface area (Å²) in [7, 11) is 0. The van der Waals surface area contributed by atoms with Crippen molar-refractivity contribution in [3.63, 3.8) is 0 Å². The monoisotopic (exact) mass is 470 g/mol. The first-order valence-electron chi connectivity index (χ1n) is 5.55. The summed E-state index contributed by atoms with van der Waals surface area (Å²) in [6, 6.07) is 11.7. The van der Waals surface area contributed by atoms with Crippen LogP contribution in [0.15, 0.2) is 51.4 Å². The Labute approximate surface area is 139 Å². The van der Waals surface area contributed by atoms with Crippen molar-refractivity contribution in [2.75, 3.05) is 0 Å². The molecular weight excluding hydrogens is 465 g/mol. The predicted octanol–water partition coefficient (Wildman–Crippen LogP) is 6.71. The molecule has 0 aliphatic carbocycles. The topological polar surface area (TPSA) is 0 Å². The summed E-state index contributed by atoms with van der Waals surface area (Å²) in [4.78, 5) is -0.287. The smallest absolute Gasteiger partial charge is 0.166 e. The normalized spacial score (nSPS) is 13.3. The SMILES string of the molecule is FC(F)(F)c1cc(C(Br)c2ccc(Br)cc2)ccc1Br. The summed E-state index contributed by atoms with van der Waals surface area (Å²) in [5, 5.41) is 0. The van der Waals surface area contributed by atoms with Gasteiger partial charge in [-0.3, -0.25) is 0 Å². The maximum absolute atomic E-state index is 12.9. The lowest BCUT2D eigenvalue weighted by Gasteiger charge is -2.15. The van der Waals surface area contributed by atoms with Crippen LogP contribution in [0, 0.1) is 0 Å². The van der Waals surface area contributed by atoms with Crippen LogP contribution in [0.3, 0.4) is 0 Å². The molecule has 2 aromatic carbocycles. The number of hydrogen-bond donors (Lipinski definition) is 0. The summed E-state index contributed by atoms with van der Waals surface area (Å²) < 4.78 is 39.7. The van der Waals surface area contributed by atoms with Crippen molar-refractivity contribution in [2.45, 2.75) is 11.0 Å². The van der Waals surface area contributed by atoms with Crippen LogP contribution in [-0.2, 0) is 6.18 Å². The van der Waals surface area contributed by atoms with Gasteiger partial charge in [0.05, 0.1) is 10.4 Å². The lowest BCUT2D eigenvalue weighted by atomic mass is 10.0. The maximum atomic E-state index is 12.9. The Kier molecular flexibility index (Phi) is 4.97. The molecule has 0 nitrogen and oxygen atoms in total. The molecule has 0 heterocycles. The van der Waals surface area contributed by atoms with Crippen molar-refractivity contribution in [3.8, 4) is 0 Å². The van der Waals surface area contributed by atoms with Gasteiger partial charge in [-0.25, -0.2) is 0 Å². The fourth-order valence-corrected chi connectivity index (χ4v) is 3.07. The Morgan fingerprint density at radius 1 is 0.850 bits per heavy atom. The molecule has 0 saturated heterocycles. The summed E-state index contributed by atoms with van der Waals surface area (Å²) >= 11 is 9.71. The molecule has 2 aromatic rings. The van der Waals surface area contributed by atoms with Gasteiger partial charge >= 0.3 is 6.18 Å². The van der Waals surface area contributed by atoms with Gasteiger partial charge < -0.3 is 0 Å². The fraction of sp³-hybridized carbons (Fsp3) is 0.143. The van der Waals surface area contributed by atoms with Crippen LogP contribution < -0.4 is 0 Å². The molecule has 1 atom stereocenters. The molecule has 6 heteroatoms. The minimum atomic E-state index is -4.37. The quantitative estimate of drug-likeness (QED) is 0.426. The number of rotatable bonds is 2. The minimum absolute atomic E-state index is 0.0456. The molecule has 0 spiro atoms. The Morgan fingerprint density at radius 2 is 1.40 bits per heavy atom. The molecule has 1 unspecified atom stereocenters. The second kappa shape index (κ2) is 6.20. The highest BCUT2D eigenvalue weighted by molar-refractivity contribution is 9.10. The van der Waals surface area contributed by atoms with Gasteiger partial charge in [0, 0.05) is 8.95 Å². The Morgan fingerprint density at radius 3 is 1.95 bits per heavy atom. The van der Waals surface area contributed by atoms with Crippen LogP contribution in [0.4, 0.5) is 13.2 Å². The van der Waals surface area contributed by atoms with Gasteiger partial charge in [-0.1, -0.05) is 66.0 Å². The van der Waals surface area contributed by atoms with Crippen LogP contribution in [0.1, 0.15) is 21.5 Å². The van der Waals surface area contributed by atoms with E-state index >= 15 is 0 Å². The molecular formula is C14H8Br3F3. The largest absolute Gasteiger partial charge is 0.417 e. The van der Waals surface area contributed by atoms with E-state index in [1.807, 2.05) is 24.3 Å². The van der Waals surface area contributed by atoms with Gasteiger partial charge in [0.1, 0.15) is 0 Å². The summed E-state index contributed by atoms with van der Waals surface area (Å²) in [6.07, 6.45) is -4.37. The van der Waals surface area contributed by atoms with Crippen LogP contribution in [0.5, 0.6) is 0 Å². The highest BCUT2D eigenvalue weighted by Crippen LogP contribution is 2.39. The van der Waals surface area contributed by atoms with E-state index in [4.69, 9.17) is 0 Å². The van der Waals surface area contributed by atoms with Crippen LogP contribution in [0.2, 0.25) is 0 Å². The fourth-order valence-electron chi connectivity index (χ4n) is 1.74. The molecule has 0 aromatic heterocycles. The second-order valence-electron chi connectivity index (χ2n) is 4.15. The maximum Gasteiger partial charge on any atom is 0.417 e. The molecule has 0 aliphatic heterocycles. The van der Waals surface area contributed by atoms with E-state index in [0.29, 0.717) is 5.56 Å². The van der Waals surface area contributed by atoms with E-state index in [2.05, 4.69) is 47.8 Å². The first kappa shape index (κ1) is 16.0. The second-order valence-corrected chi connectivity index (χ2v) is 6.84. The third-order valence-electron chi connectivity index (χ3n) is 2.75. The average Bonchev–Trinajstić information content (AvgIpc) is 2.38. The first-order chi connectivity index (χ1) is 9.29. The minimum Gasteiger partial charge on any atom is -0.166 e. The zero-order chi connectivity index (χ0) is 14.9.